The van der Waals surface area contributed by atoms with Gasteiger partial charge in [-0.1, -0.05) is 33.1 Å². The quantitative estimate of drug-likeness (QED) is 0.699. The summed E-state index contributed by atoms with van der Waals surface area (Å²) in [5, 5.41) is 3.63. The molecule has 0 heterocycles. The molecule has 1 saturated carbocycles. The van der Waals surface area contributed by atoms with Crippen LogP contribution in [-0.2, 0) is 0 Å². The Morgan fingerprint density at radius 2 is 1.53 bits per heavy atom. The van der Waals surface area contributed by atoms with Crippen LogP contribution in [-0.4, -0.2) is 37.1 Å². The smallest absolute Gasteiger partial charge is 0.0190 e. The van der Waals surface area contributed by atoms with Crippen LogP contribution in [0.5, 0.6) is 0 Å². The molecular formula is C15H32N2. The van der Waals surface area contributed by atoms with E-state index in [1.54, 1.807) is 0 Å². The predicted molar refractivity (Wildman–Crippen MR) is 76.5 cm³/mol. The van der Waals surface area contributed by atoms with Gasteiger partial charge in [0.1, 0.15) is 0 Å². The maximum Gasteiger partial charge on any atom is 0.0190 e. The zero-order valence-electron chi connectivity index (χ0n) is 12.2. The summed E-state index contributed by atoms with van der Waals surface area (Å²) in [7, 11) is 2.16. The Morgan fingerprint density at radius 3 is 2.00 bits per heavy atom. The lowest BCUT2D eigenvalue weighted by atomic mass is 9.79. The van der Waals surface area contributed by atoms with Crippen LogP contribution in [0.25, 0.3) is 0 Å². The van der Waals surface area contributed by atoms with E-state index in [9.17, 15) is 0 Å². The lowest BCUT2D eigenvalue weighted by Gasteiger charge is -2.39. The molecule has 1 fully saturated rings. The van der Waals surface area contributed by atoms with Crippen LogP contribution in [0.15, 0.2) is 0 Å². The second kappa shape index (κ2) is 8.10. The van der Waals surface area contributed by atoms with E-state index >= 15 is 0 Å². The maximum absolute atomic E-state index is 3.63. The van der Waals surface area contributed by atoms with Gasteiger partial charge in [0, 0.05) is 5.54 Å². The third-order valence-electron chi connectivity index (χ3n) is 4.33. The fourth-order valence-electron chi connectivity index (χ4n) is 3.19. The number of hydrogen-bond acceptors (Lipinski definition) is 2. The highest BCUT2D eigenvalue weighted by atomic mass is 15.1. The van der Waals surface area contributed by atoms with Crippen LogP contribution < -0.4 is 5.32 Å². The zero-order valence-corrected chi connectivity index (χ0v) is 12.2. The molecule has 0 aromatic rings. The second-order valence-corrected chi connectivity index (χ2v) is 5.68. The van der Waals surface area contributed by atoms with E-state index in [1.165, 1.54) is 71.0 Å². The van der Waals surface area contributed by atoms with E-state index in [0.717, 1.165) is 0 Å². The standard InChI is InChI=1S/C15H32N2/c1-4-12-17(13-5-2)14-11-15(16-3)9-7-6-8-10-15/h16H,4-14H2,1-3H3. The molecule has 0 amide bonds. The Hall–Kier alpha value is -0.0800. The van der Waals surface area contributed by atoms with E-state index in [4.69, 9.17) is 0 Å². The van der Waals surface area contributed by atoms with Crippen molar-refractivity contribution in [1.82, 2.24) is 10.2 Å². The minimum atomic E-state index is 0.456. The van der Waals surface area contributed by atoms with Gasteiger partial charge in [0.25, 0.3) is 0 Å². The number of nitrogens with one attached hydrogen (secondary N) is 1. The summed E-state index contributed by atoms with van der Waals surface area (Å²) in [6.07, 6.45) is 11.0. The highest BCUT2D eigenvalue weighted by Crippen LogP contribution is 2.30. The van der Waals surface area contributed by atoms with E-state index in [0.29, 0.717) is 5.54 Å². The van der Waals surface area contributed by atoms with Crippen molar-refractivity contribution in [2.75, 3.05) is 26.7 Å². The molecule has 0 aliphatic heterocycles. The Morgan fingerprint density at radius 1 is 0.941 bits per heavy atom. The van der Waals surface area contributed by atoms with Gasteiger partial charge in [-0.2, -0.15) is 0 Å². The summed E-state index contributed by atoms with van der Waals surface area (Å²) in [6.45, 7) is 8.40. The summed E-state index contributed by atoms with van der Waals surface area (Å²) in [6, 6.07) is 0. The van der Waals surface area contributed by atoms with E-state index in [2.05, 4.69) is 31.1 Å². The predicted octanol–water partition coefficient (Wildman–Crippen LogP) is 3.42. The topological polar surface area (TPSA) is 15.3 Å². The molecule has 2 heteroatoms. The first-order chi connectivity index (χ1) is 8.26. The number of rotatable bonds is 8. The van der Waals surface area contributed by atoms with Crippen molar-refractivity contribution in [3.8, 4) is 0 Å². The van der Waals surface area contributed by atoms with E-state index < -0.39 is 0 Å². The van der Waals surface area contributed by atoms with E-state index in [-0.39, 0.29) is 0 Å². The molecule has 0 radical (unpaired) electrons. The Kier molecular flexibility index (Phi) is 7.14. The van der Waals surface area contributed by atoms with Gasteiger partial charge in [0.15, 0.2) is 0 Å². The fourth-order valence-corrected chi connectivity index (χ4v) is 3.19. The highest BCUT2D eigenvalue weighted by molar-refractivity contribution is 4.90. The first kappa shape index (κ1) is 15.0. The Labute approximate surface area is 108 Å². The van der Waals surface area contributed by atoms with Crippen molar-refractivity contribution in [1.29, 1.82) is 0 Å². The molecule has 0 aromatic heterocycles. The summed E-state index contributed by atoms with van der Waals surface area (Å²) >= 11 is 0. The normalized spacial score (nSPS) is 19.8. The van der Waals surface area contributed by atoms with Crippen molar-refractivity contribution < 1.29 is 0 Å². The maximum atomic E-state index is 3.63. The van der Waals surface area contributed by atoms with Crippen molar-refractivity contribution in [2.24, 2.45) is 0 Å². The van der Waals surface area contributed by atoms with Gasteiger partial charge in [-0.3, -0.25) is 0 Å². The van der Waals surface area contributed by atoms with Crippen LogP contribution in [0.4, 0.5) is 0 Å². The van der Waals surface area contributed by atoms with Crippen LogP contribution in [0.2, 0.25) is 0 Å². The van der Waals surface area contributed by atoms with Gasteiger partial charge in [0.2, 0.25) is 0 Å². The summed E-state index contributed by atoms with van der Waals surface area (Å²) in [5.74, 6) is 0. The molecular weight excluding hydrogens is 208 g/mol. The lowest BCUT2D eigenvalue weighted by molar-refractivity contribution is 0.182. The molecule has 2 nitrogen and oxygen atoms in total. The number of hydrogen-bond donors (Lipinski definition) is 1. The molecule has 17 heavy (non-hydrogen) atoms. The van der Waals surface area contributed by atoms with Crippen molar-refractivity contribution in [3.05, 3.63) is 0 Å². The molecule has 0 unspecified atom stereocenters. The van der Waals surface area contributed by atoms with Gasteiger partial charge < -0.3 is 10.2 Å². The van der Waals surface area contributed by atoms with Gasteiger partial charge >= 0.3 is 0 Å². The van der Waals surface area contributed by atoms with Crippen molar-refractivity contribution >= 4 is 0 Å². The number of nitrogens with zero attached hydrogens (tertiary/aromatic N) is 1. The van der Waals surface area contributed by atoms with Crippen molar-refractivity contribution in [3.63, 3.8) is 0 Å². The summed E-state index contributed by atoms with van der Waals surface area (Å²) < 4.78 is 0. The van der Waals surface area contributed by atoms with E-state index in [1.807, 2.05) is 0 Å². The Bertz CT molecular complexity index is 179. The largest absolute Gasteiger partial charge is 0.314 e. The van der Waals surface area contributed by atoms with Gasteiger partial charge in [-0.05, 0) is 58.8 Å². The molecule has 102 valence electrons. The molecule has 1 rings (SSSR count). The minimum Gasteiger partial charge on any atom is -0.314 e. The molecule has 1 aliphatic rings. The molecule has 1 aliphatic carbocycles. The van der Waals surface area contributed by atoms with Crippen LogP contribution in [0, 0.1) is 0 Å². The first-order valence-electron chi connectivity index (χ1n) is 7.67. The molecule has 0 spiro atoms. The summed E-state index contributed by atoms with van der Waals surface area (Å²) in [4.78, 5) is 2.65. The monoisotopic (exact) mass is 240 g/mol. The minimum absolute atomic E-state index is 0.456. The van der Waals surface area contributed by atoms with Crippen LogP contribution in [0.1, 0.15) is 65.2 Å². The third kappa shape index (κ3) is 4.97. The average Bonchev–Trinajstić information content (AvgIpc) is 2.38. The second-order valence-electron chi connectivity index (χ2n) is 5.68. The highest BCUT2D eigenvalue weighted by Gasteiger charge is 2.29. The van der Waals surface area contributed by atoms with Crippen LogP contribution in [0.3, 0.4) is 0 Å². The average molecular weight is 240 g/mol. The van der Waals surface area contributed by atoms with Gasteiger partial charge in [0.05, 0.1) is 0 Å². The lowest BCUT2D eigenvalue weighted by Crippen LogP contribution is -2.47. The fraction of sp³-hybridized carbons (Fsp3) is 1.00. The molecule has 0 bridgehead atoms. The van der Waals surface area contributed by atoms with Gasteiger partial charge in [-0.15, -0.1) is 0 Å². The van der Waals surface area contributed by atoms with Crippen LogP contribution >= 0.6 is 0 Å². The molecule has 1 N–H and O–H groups in total. The zero-order chi connectivity index (χ0) is 12.6. The first-order valence-corrected chi connectivity index (χ1v) is 7.67. The molecule has 0 aromatic carbocycles. The third-order valence-corrected chi connectivity index (χ3v) is 4.33. The SMILES string of the molecule is CCCN(CCC)CCC1(NC)CCCCC1. The Balaban J connectivity index is 2.38. The van der Waals surface area contributed by atoms with Crippen molar-refractivity contribution in [2.45, 2.75) is 70.8 Å². The molecule has 0 atom stereocenters. The van der Waals surface area contributed by atoms with Gasteiger partial charge in [-0.25, -0.2) is 0 Å². The molecule has 0 saturated heterocycles. The summed E-state index contributed by atoms with van der Waals surface area (Å²) in [5.41, 5.74) is 0.456.